The van der Waals surface area contributed by atoms with Gasteiger partial charge in [-0.05, 0) is 36.8 Å². The molecule has 0 radical (unpaired) electrons. The zero-order valence-corrected chi connectivity index (χ0v) is 16.0. The SMILES string of the molecule is Cc1cc(C#N)cnc1C(=O)Nc1ccc(Cl)c([C@]2(C(F)F)CCOC(N)=N2)c1. The molecule has 1 aliphatic rings. The van der Waals surface area contributed by atoms with E-state index in [1.165, 1.54) is 30.5 Å². The van der Waals surface area contributed by atoms with Crippen LogP contribution in [-0.4, -0.2) is 29.9 Å². The monoisotopic (exact) mass is 419 g/mol. The Balaban J connectivity index is 1.96. The summed E-state index contributed by atoms with van der Waals surface area (Å²) in [7, 11) is 0. The van der Waals surface area contributed by atoms with Crippen molar-refractivity contribution in [1.29, 1.82) is 5.26 Å². The minimum absolute atomic E-state index is 0.0303. The summed E-state index contributed by atoms with van der Waals surface area (Å²) < 4.78 is 33.0. The number of rotatable bonds is 4. The highest BCUT2D eigenvalue weighted by Crippen LogP contribution is 2.42. The van der Waals surface area contributed by atoms with E-state index in [0.29, 0.717) is 11.1 Å². The predicted octanol–water partition coefficient (Wildman–Crippen LogP) is 3.36. The Morgan fingerprint density at radius 1 is 1.45 bits per heavy atom. The normalized spacial score (nSPS) is 18.6. The van der Waals surface area contributed by atoms with Crippen molar-refractivity contribution in [3.63, 3.8) is 0 Å². The summed E-state index contributed by atoms with van der Waals surface area (Å²) in [4.78, 5) is 20.4. The molecule has 1 amide bonds. The van der Waals surface area contributed by atoms with E-state index in [1.807, 2.05) is 6.07 Å². The Kier molecular flexibility index (Phi) is 5.66. The highest BCUT2D eigenvalue weighted by atomic mass is 35.5. The van der Waals surface area contributed by atoms with Gasteiger partial charge in [0.2, 0.25) is 0 Å². The number of carbonyl (C=O) groups excluding carboxylic acids is 1. The molecule has 1 aliphatic heterocycles. The molecule has 10 heteroatoms. The van der Waals surface area contributed by atoms with E-state index in [4.69, 9.17) is 27.3 Å². The molecule has 1 atom stereocenters. The number of aryl methyl sites for hydroxylation is 1. The Labute approximate surface area is 170 Å². The first kappa shape index (κ1) is 20.5. The van der Waals surface area contributed by atoms with Crippen LogP contribution >= 0.6 is 11.6 Å². The van der Waals surface area contributed by atoms with Gasteiger partial charge in [0.25, 0.3) is 18.4 Å². The lowest BCUT2D eigenvalue weighted by Gasteiger charge is -2.33. The van der Waals surface area contributed by atoms with Gasteiger partial charge in [-0.2, -0.15) is 5.26 Å². The molecule has 0 bridgehead atoms. The highest BCUT2D eigenvalue weighted by Gasteiger charge is 2.45. The molecule has 0 fully saturated rings. The number of ether oxygens (including phenoxy) is 1. The Hall–Kier alpha value is -3.25. The van der Waals surface area contributed by atoms with Crippen molar-refractivity contribution < 1.29 is 18.3 Å². The summed E-state index contributed by atoms with van der Waals surface area (Å²) in [5.74, 6) is -0.554. The van der Waals surface area contributed by atoms with Crippen molar-refractivity contribution >= 4 is 29.2 Å². The van der Waals surface area contributed by atoms with Crippen LogP contribution in [0.2, 0.25) is 5.02 Å². The molecule has 29 heavy (non-hydrogen) atoms. The summed E-state index contributed by atoms with van der Waals surface area (Å²) >= 11 is 6.18. The van der Waals surface area contributed by atoms with Gasteiger partial charge in [0.15, 0.2) is 5.54 Å². The van der Waals surface area contributed by atoms with Crippen LogP contribution in [0.1, 0.15) is 33.6 Å². The van der Waals surface area contributed by atoms with Gasteiger partial charge in [-0.25, -0.2) is 18.8 Å². The second kappa shape index (κ2) is 8.01. The van der Waals surface area contributed by atoms with Crippen LogP contribution in [0.25, 0.3) is 0 Å². The molecule has 3 N–H and O–H groups in total. The standard InChI is InChI=1S/C19H16ClF2N5O2/c1-10-6-11(8-23)9-25-15(10)16(28)26-12-2-3-14(20)13(7-12)19(17(21)22)4-5-29-18(24)27-19/h2-3,6-7,9,17H,4-5H2,1H3,(H2,24,27)(H,26,28)/t19-/m0/s1. The number of amidine groups is 1. The van der Waals surface area contributed by atoms with Gasteiger partial charge in [0.05, 0.1) is 12.2 Å². The highest BCUT2D eigenvalue weighted by molar-refractivity contribution is 6.31. The number of amides is 1. The molecule has 0 aliphatic carbocycles. The molecular weight excluding hydrogens is 404 g/mol. The van der Waals surface area contributed by atoms with Crippen LogP contribution in [0.3, 0.4) is 0 Å². The second-order valence-corrected chi connectivity index (χ2v) is 6.83. The van der Waals surface area contributed by atoms with Crippen molar-refractivity contribution in [2.75, 3.05) is 11.9 Å². The van der Waals surface area contributed by atoms with Crippen molar-refractivity contribution in [2.45, 2.75) is 25.3 Å². The third-order valence-corrected chi connectivity index (χ3v) is 4.85. The number of pyridine rings is 1. The number of hydrogen-bond donors (Lipinski definition) is 2. The van der Waals surface area contributed by atoms with E-state index in [2.05, 4.69) is 15.3 Å². The maximum absolute atomic E-state index is 14.0. The zero-order chi connectivity index (χ0) is 21.2. The number of alkyl halides is 2. The van der Waals surface area contributed by atoms with E-state index in [9.17, 15) is 13.6 Å². The van der Waals surface area contributed by atoms with Gasteiger partial charge in [-0.15, -0.1) is 0 Å². The lowest BCUT2D eigenvalue weighted by atomic mass is 9.86. The fourth-order valence-corrected chi connectivity index (χ4v) is 3.35. The molecule has 3 rings (SSSR count). The first-order chi connectivity index (χ1) is 13.8. The Bertz CT molecular complexity index is 1040. The van der Waals surface area contributed by atoms with Crippen molar-refractivity contribution in [1.82, 2.24) is 4.98 Å². The third-order valence-electron chi connectivity index (χ3n) is 4.52. The van der Waals surface area contributed by atoms with Crippen LogP contribution in [0.5, 0.6) is 0 Å². The van der Waals surface area contributed by atoms with Crippen LogP contribution in [0.4, 0.5) is 14.5 Å². The first-order valence-corrected chi connectivity index (χ1v) is 8.89. The molecule has 150 valence electrons. The smallest absolute Gasteiger partial charge is 0.283 e. The van der Waals surface area contributed by atoms with E-state index in [0.717, 1.165) is 0 Å². The number of nitrogens with zero attached hydrogens (tertiary/aromatic N) is 3. The lowest BCUT2D eigenvalue weighted by molar-refractivity contribution is 0.0267. The summed E-state index contributed by atoms with van der Waals surface area (Å²) in [5, 5.41) is 11.6. The van der Waals surface area contributed by atoms with E-state index >= 15 is 0 Å². The number of hydrogen-bond acceptors (Lipinski definition) is 6. The molecule has 7 nitrogen and oxygen atoms in total. The molecule has 0 unspecified atom stereocenters. The number of anilines is 1. The number of aliphatic imine (C=N–C) groups is 1. The Morgan fingerprint density at radius 3 is 2.83 bits per heavy atom. The fraction of sp³-hybridized carbons (Fsp3) is 0.263. The zero-order valence-electron chi connectivity index (χ0n) is 15.2. The van der Waals surface area contributed by atoms with E-state index in [1.54, 1.807) is 6.92 Å². The number of nitrogens with two attached hydrogens (primary N) is 1. The maximum atomic E-state index is 14.0. The van der Waals surface area contributed by atoms with Crippen molar-refractivity contribution in [2.24, 2.45) is 10.7 Å². The quantitative estimate of drug-likeness (QED) is 0.788. The number of benzene rings is 1. The molecule has 2 heterocycles. The van der Waals surface area contributed by atoms with E-state index in [-0.39, 0.29) is 41.0 Å². The van der Waals surface area contributed by atoms with Crippen LogP contribution in [-0.2, 0) is 10.3 Å². The van der Waals surface area contributed by atoms with Crippen LogP contribution < -0.4 is 11.1 Å². The summed E-state index contributed by atoms with van der Waals surface area (Å²) in [6.07, 6.45) is -1.74. The third kappa shape index (κ3) is 3.98. The lowest BCUT2D eigenvalue weighted by Crippen LogP contribution is -2.41. The van der Waals surface area contributed by atoms with Crippen molar-refractivity contribution in [3.05, 3.63) is 57.9 Å². The minimum Gasteiger partial charge on any atom is -0.465 e. The van der Waals surface area contributed by atoms with Gasteiger partial charge in [0.1, 0.15) is 11.8 Å². The van der Waals surface area contributed by atoms with Gasteiger partial charge in [-0.3, -0.25) is 4.79 Å². The number of carbonyl (C=O) groups is 1. The molecular formula is C19H16ClF2N5O2. The van der Waals surface area contributed by atoms with Gasteiger partial charge in [0, 0.05) is 28.9 Å². The average Bonchev–Trinajstić information content (AvgIpc) is 2.68. The average molecular weight is 420 g/mol. The number of aromatic nitrogens is 1. The number of halogens is 3. The summed E-state index contributed by atoms with van der Waals surface area (Å²) in [5.41, 5.74) is 4.75. The predicted molar refractivity (Wildman–Crippen MR) is 103 cm³/mol. The molecule has 2 aromatic rings. The molecule has 0 spiro atoms. The second-order valence-electron chi connectivity index (χ2n) is 6.42. The minimum atomic E-state index is -2.89. The van der Waals surface area contributed by atoms with E-state index < -0.39 is 17.9 Å². The largest absolute Gasteiger partial charge is 0.465 e. The Morgan fingerprint density at radius 2 is 2.21 bits per heavy atom. The van der Waals surface area contributed by atoms with Crippen LogP contribution in [0, 0.1) is 18.3 Å². The topological polar surface area (TPSA) is 113 Å². The summed E-state index contributed by atoms with van der Waals surface area (Å²) in [6, 6.07) is 7.34. The fourth-order valence-electron chi connectivity index (χ4n) is 3.07. The number of nitriles is 1. The van der Waals surface area contributed by atoms with Crippen LogP contribution in [0.15, 0.2) is 35.5 Å². The summed E-state index contributed by atoms with van der Waals surface area (Å²) in [6.45, 7) is 1.60. The molecule has 1 aromatic heterocycles. The molecule has 1 aromatic carbocycles. The van der Waals surface area contributed by atoms with Gasteiger partial charge >= 0.3 is 0 Å². The molecule has 0 saturated heterocycles. The van der Waals surface area contributed by atoms with Crippen molar-refractivity contribution in [3.8, 4) is 6.07 Å². The van der Waals surface area contributed by atoms with Gasteiger partial charge in [-0.1, -0.05) is 11.6 Å². The molecule has 0 saturated carbocycles. The number of nitrogens with one attached hydrogen (secondary N) is 1. The first-order valence-electron chi connectivity index (χ1n) is 8.51. The maximum Gasteiger partial charge on any atom is 0.283 e. The van der Waals surface area contributed by atoms with Gasteiger partial charge < -0.3 is 15.8 Å².